The Labute approximate surface area is 137 Å². The number of nitrogens with one attached hydrogen (secondary N) is 1. The van der Waals surface area contributed by atoms with Gasteiger partial charge >= 0.3 is 0 Å². The van der Waals surface area contributed by atoms with Crippen LogP contribution in [-0.4, -0.2) is 18.6 Å². The van der Waals surface area contributed by atoms with Crippen LogP contribution in [0.1, 0.15) is 43.0 Å². The second-order valence-corrected chi connectivity index (χ2v) is 6.31. The second kappa shape index (κ2) is 6.20. The van der Waals surface area contributed by atoms with Crippen LogP contribution in [0.2, 0.25) is 0 Å². The van der Waals surface area contributed by atoms with E-state index in [-0.39, 0.29) is 0 Å². The molecule has 3 rings (SSSR count). The van der Waals surface area contributed by atoms with E-state index in [1.54, 1.807) is 0 Å². The van der Waals surface area contributed by atoms with Crippen LogP contribution in [-0.2, 0) is 5.79 Å². The van der Waals surface area contributed by atoms with Crippen molar-refractivity contribution in [3.63, 3.8) is 0 Å². The van der Waals surface area contributed by atoms with Crippen LogP contribution in [0, 0.1) is 6.92 Å². The number of fused-ring (bicyclic) bond motifs is 1. The first kappa shape index (κ1) is 15.8. The van der Waals surface area contributed by atoms with Crippen molar-refractivity contribution in [3.05, 3.63) is 53.3 Å². The van der Waals surface area contributed by atoms with E-state index in [9.17, 15) is 0 Å². The Morgan fingerprint density at radius 2 is 2.04 bits per heavy atom. The Hall–Kier alpha value is -2.07. The van der Waals surface area contributed by atoms with Gasteiger partial charge in [-0.15, -0.1) is 0 Å². The standard InChI is InChI=1S/C19H24N2O2/c1-13(10-11-20-4)16-6-5-7-17-18(16)23-19(3,22-17)15-9-8-14(2)21-12-15/h5-9,12-13,20H,10-11H2,1-4H3. The van der Waals surface area contributed by atoms with Gasteiger partial charge < -0.3 is 14.8 Å². The van der Waals surface area contributed by atoms with Gasteiger partial charge in [0, 0.05) is 24.4 Å². The largest absolute Gasteiger partial charge is 0.444 e. The van der Waals surface area contributed by atoms with Crippen LogP contribution < -0.4 is 14.8 Å². The minimum atomic E-state index is -0.818. The number of pyridine rings is 1. The Morgan fingerprint density at radius 1 is 1.22 bits per heavy atom. The highest BCUT2D eigenvalue weighted by Crippen LogP contribution is 2.48. The monoisotopic (exact) mass is 312 g/mol. The second-order valence-electron chi connectivity index (χ2n) is 6.31. The summed E-state index contributed by atoms with van der Waals surface area (Å²) in [5, 5.41) is 3.20. The van der Waals surface area contributed by atoms with Crippen molar-refractivity contribution in [2.45, 2.75) is 38.9 Å². The lowest BCUT2D eigenvalue weighted by Gasteiger charge is -2.23. The van der Waals surface area contributed by atoms with E-state index in [2.05, 4.69) is 23.3 Å². The van der Waals surface area contributed by atoms with Gasteiger partial charge in [0.15, 0.2) is 11.5 Å². The molecule has 0 spiro atoms. The first-order valence-electron chi connectivity index (χ1n) is 8.12. The number of nitrogens with zero attached hydrogens (tertiary/aromatic N) is 1. The summed E-state index contributed by atoms with van der Waals surface area (Å²) in [7, 11) is 1.98. The van der Waals surface area contributed by atoms with Crippen molar-refractivity contribution in [2.75, 3.05) is 13.6 Å². The average molecular weight is 312 g/mol. The summed E-state index contributed by atoms with van der Waals surface area (Å²) in [5.74, 6) is 1.25. The Bertz CT molecular complexity index is 684. The molecule has 1 N–H and O–H groups in total. The van der Waals surface area contributed by atoms with E-state index in [0.717, 1.165) is 35.7 Å². The third kappa shape index (κ3) is 3.04. The highest BCUT2D eigenvalue weighted by molar-refractivity contribution is 5.51. The van der Waals surface area contributed by atoms with Crippen molar-refractivity contribution in [1.29, 1.82) is 0 Å². The molecule has 0 saturated heterocycles. The molecule has 2 heterocycles. The van der Waals surface area contributed by atoms with Crippen molar-refractivity contribution >= 4 is 0 Å². The Kier molecular flexibility index (Phi) is 4.26. The zero-order valence-corrected chi connectivity index (χ0v) is 14.2. The van der Waals surface area contributed by atoms with Gasteiger partial charge in [0.05, 0.1) is 5.56 Å². The lowest BCUT2D eigenvalue weighted by molar-refractivity contribution is -0.0687. The van der Waals surface area contributed by atoms with E-state index < -0.39 is 5.79 Å². The molecule has 1 aromatic carbocycles. The highest BCUT2D eigenvalue weighted by atomic mass is 16.7. The number of hydrogen-bond donors (Lipinski definition) is 1. The lowest BCUT2D eigenvalue weighted by atomic mass is 9.96. The Balaban J connectivity index is 1.90. The average Bonchev–Trinajstić information content (AvgIpc) is 2.90. The molecule has 0 radical (unpaired) electrons. The van der Waals surface area contributed by atoms with E-state index in [1.807, 2.05) is 51.4 Å². The Morgan fingerprint density at radius 3 is 2.74 bits per heavy atom. The van der Waals surface area contributed by atoms with Crippen LogP contribution in [0.3, 0.4) is 0 Å². The normalized spacial score (nSPS) is 20.5. The molecule has 122 valence electrons. The van der Waals surface area contributed by atoms with Gasteiger partial charge in [-0.25, -0.2) is 0 Å². The minimum Gasteiger partial charge on any atom is -0.444 e. The molecular formula is C19H24N2O2. The lowest BCUT2D eigenvalue weighted by Crippen LogP contribution is -2.31. The van der Waals surface area contributed by atoms with Gasteiger partial charge in [0.1, 0.15) is 0 Å². The molecule has 2 atom stereocenters. The predicted molar refractivity (Wildman–Crippen MR) is 91.0 cm³/mol. The molecular weight excluding hydrogens is 288 g/mol. The summed E-state index contributed by atoms with van der Waals surface area (Å²) in [6.45, 7) is 7.12. The van der Waals surface area contributed by atoms with Crippen molar-refractivity contribution in [3.8, 4) is 11.5 Å². The summed E-state index contributed by atoms with van der Waals surface area (Å²) in [6.07, 6.45) is 2.88. The number of aromatic nitrogens is 1. The molecule has 0 aliphatic carbocycles. The molecule has 0 bridgehead atoms. The predicted octanol–water partition coefficient (Wildman–Crippen LogP) is 3.75. The number of para-hydroxylation sites is 1. The van der Waals surface area contributed by atoms with Crippen LogP contribution in [0.5, 0.6) is 11.5 Å². The summed E-state index contributed by atoms with van der Waals surface area (Å²) in [5.41, 5.74) is 3.10. The SMILES string of the molecule is CNCCC(C)c1cccc2c1OC(C)(c1ccc(C)nc1)O2. The molecule has 2 unspecified atom stereocenters. The third-order valence-electron chi connectivity index (χ3n) is 4.40. The molecule has 1 aliphatic rings. The number of benzene rings is 1. The van der Waals surface area contributed by atoms with Crippen molar-refractivity contribution in [1.82, 2.24) is 10.3 Å². The van der Waals surface area contributed by atoms with Gasteiger partial charge in [0.25, 0.3) is 5.79 Å². The zero-order chi connectivity index (χ0) is 16.4. The van der Waals surface area contributed by atoms with Gasteiger partial charge in [0.2, 0.25) is 0 Å². The molecule has 23 heavy (non-hydrogen) atoms. The van der Waals surface area contributed by atoms with E-state index in [1.165, 1.54) is 5.56 Å². The van der Waals surface area contributed by atoms with Gasteiger partial charge in [-0.2, -0.15) is 0 Å². The molecule has 4 nitrogen and oxygen atoms in total. The number of hydrogen-bond acceptors (Lipinski definition) is 4. The molecule has 1 aliphatic heterocycles. The van der Waals surface area contributed by atoms with Crippen LogP contribution in [0.25, 0.3) is 0 Å². The molecule has 0 fully saturated rings. The summed E-state index contributed by atoms with van der Waals surface area (Å²) < 4.78 is 12.4. The maximum atomic E-state index is 6.27. The summed E-state index contributed by atoms with van der Waals surface area (Å²) in [4.78, 5) is 4.36. The molecule has 0 amide bonds. The molecule has 1 aromatic heterocycles. The quantitative estimate of drug-likeness (QED) is 0.913. The highest BCUT2D eigenvalue weighted by Gasteiger charge is 2.40. The maximum absolute atomic E-state index is 6.27. The zero-order valence-electron chi connectivity index (χ0n) is 14.2. The van der Waals surface area contributed by atoms with Crippen LogP contribution in [0.15, 0.2) is 36.5 Å². The summed E-state index contributed by atoms with van der Waals surface area (Å²) >= 11 is 0. The smallest absolute Gasteiger partial charge is 0.277 e. The fraction of sp³-hybridized carbons (Fsp3) is 0.421. The summed E-state index contributed by atoms with van der Waals surface area (Å²) in [6, 6.07) is 10.1. The van der Waals surface area contributed by atoms with E-state index in [4.69, 9.17) is 9.47 Å². The van der Waals surface area contributed by atoms with Crippen LogP contribution in [0.4, 0.5) is 0 Å². The first-order chi connectivity index (χ1) is 11.0. The van der Waals surface area contributed by atoms with E-state index >= 15 is 0 Å². The van der Waals surface area contributed by atoms with Crippen molar-refractivity contribution in [2.24, 2.45) is 0 Å². The number of aryl methyl sites for hydroxylation is 1. The number of rotatable bonds is 5. The first-order valence-corrected chi connectivity index (χ1v) is 8.12. The molecule has 4 heteroatoms. The topological polar surface area (TPSA) is 43.4 Å². The van der Waals surface area contributed by atoms with Crippen LogP contribution >= 0.6 is 0 Å². The van der Waals surface area contributed by atoms with Gasteiger partial charge in [-0.1, -0.05) is 19.1 Å². The maximum Gasteiger partial charge on any atom is 0.277 e. The third-order valence-corrected chi connectivity index (χ3v) is 4.40. The van der Waals surface area contributed by atoms with Gasteiger partial charge in [-0.05, 0) is 51.1 Å². The van der Waals surface area contributed by atoms with Gasteiger partial charge in [-0.3, -0.25) is 4.98 Å². The fourth-order valence-electron chi connectivity index (χ4n) is 2.91. The minimum absolute atomic E-state index is 0.402. The number of ether oxygens (including phenoxy) is 2. The van der Waals surface area contributed by atoms with E-state index in [0.29, 0.717) is 5.92 Å². The molecule has 0 saturated carbocycles. The molecule has 2 aromatic rings. The fourth-order valence-corrected chi connectivity index (χ4v) is 2.91. The van der Waals surface area contributed by atoms with Crippen molar-refractivity contribution < 1.29 is 9.47 Å².